The summed E-state index contributed by atoms with van der Waals surface area (Å²) in [5, 5.41) is 18.0. The Morgan fingerprint density at radius 1 is 1.38 bits per heavy atom. The van der Waals surface area contributed by atoms with Gasteiger partial charge in [-0.05, 0) is 19.5 Å². The van der Waals surface area contributed by atoms with Crippen LogP contribution >= 0.6 is 11.3 Å². The topological polar surface area (TPSA) is 124 Å². The minimum Gasteiger partial charge on any atom is -0.480 e. The Bertz CT molecular complexity index is 779. The van der Waals surface area contributed by atoms with Crippen molar-refractivity contribution < 1.29 is 19.8 Å². The Morgan fingerprint density at radius 2 is 2.05 bits per heavy atom. The van der Waals surface area contributed by atoms with E-state index in [-0.39, 0.29) is 23.4 Å². The molecule has 0 amide bonds. The van der Waals surface area contributed by atoms with Crippen LogP contribution in [0.3, 0.4) is 0 Å². The van der Waals surface area contributed by atoms with Crippen LogP contribution in [-0.2, 0) is 11.3 Å². The molecule has 2 heterocycles. The van der Waals surface area contributed by atoms with Gasteiger partial charge >= 0.3 is 11.9 Å². The molecule has 0 aliphatic rings. The lowest BCUT2D eigenvalue weighted by molar-refractivity contribution is -0.138. The highest BCUT2D eigenvalue weighted by molar-refractivity contribution is 7.20. The van der Waals surface area contributed by atoms with Gasteiger partial charge in [0.2, 0.25) is 0 Å². The number of aliphatic carboxylic acids is 1. The summed E-state index contributed by atoms with van der Waals surface area (Å²) in [6.45, 7) is 1.53. The van der Waals surface area contributed by atoms with Gasteiger partial charge in [0, 0.05) is 0 Å². The van der Waals surface area contributed by atoms with E-state index in [2.05, 4.69) is 9.97 Å². The maximum Gasteiger partial charge on any atom is 0.346 e. The molecular weight excluding hydrogens is 298 g/mol. The average molecular weight is 311 g/mol. The van der Waals surface area contributed by atoms with E-state index in [1.54, 1.807) is 14.0 Å². The number of fused-ring (bicyclic) bond motifs is 1. The number of H-pyrrole nitrogens is 1. The summed E-state index contributed by atoms with van der Waals surface area (Å²) >= 11 is 0.936. The maximum absolute atomic E-state index is 12.0. The number of hydrogen-bond acceptors (Lipinski definition) is 6. The molecule has 0 aromatic carbocycles. The number of aromatic amines is 1. The second-order valence-corrected chi connectivity index (χ2v) is 5.62. The van der Waals surface area contributed by atoms with Gasteiger partial charge in [0.15, 0.2) is 0 Å². The van der Waals surface area contributed by atoms with Crippen LogP contribution in [0.15, 0.2) is 4.79 Å². The van der Waals surface area contributed by atoms with Crippen molar-refractivity contribution in [2.24, 2.45) is 0 Å². The molecule has 0 spiro atoms. The van der Waals surface area contributed by atoms with E-state index in [1.165, 1.54) is 4.90 Å². The number of carboxylic acid groups (broad SMARTS) is 2. The predicted molar refractivity (Wildman–Crippen MR) is 75.9 cm³/mol. The fraction of sp³-hybridized carbons (Fsp3) is 0.333. The molecule has 2 aromatic heterocycles. The quantitative estimate of drug-likeness (QED) is 0.734. The summed E-state index contributed by atoms with van der Waals surface area (Å²) in [5.74, 6) is -1.78. The van der Waals surface area contributed by atoms with Crippen LogP contribution in [0.25, 0.3) is 10.2 Å². The molecule has 0 saturated carbocycles. The van der Waals surface area contributed by atoms with Crippen LogP contribution in [0.1, 0.15) is 21.1 Å². The number of nitrogens with zero attached hydrogens (tertiary/aromatic N) is 2. The zero-order valence-electron chi connectivity index (χ0n) is 11.3. The number of thiophene rings is 1. The minimum absolute atomic E-state index is 0.0824. The van der Waals surface area contributed by atoms with Gasteiger partial charge < -0.3 is 15.2 Å². The van der Waals surface area contributed by atoms with E-state index in [0.29, 0.717) is 16.2 Å². The van der Waals surface area contributed by atoms with Crippen molar-refractivity contribution in [3.05, 3.63) is 26.6 Å². The van der Waals surface area contributed by atoms with Crippen LogP contribution in [0.4, 0.5) is 0 Å². The fourth-order valence-electron chi connectivity index (χ4n) is 2.01. The Balaban J connectivity index is 2.43. The van der Waals surface area contributed by atoms with E-state index in [9.17, 15) is 14.4 Å². The third-order valence-electron chi connectivity index (χ3n) is 2.87. The molecule has 3 N–H and O–H groups in total. The van der Waals surface area contributed by atoms with Crippen molar-refractivity contribution in [3.8, 4) is 0 Å². The molecule has 112 valence electrons. The second-order valence-electron chi connectivity index (χ2n) is 4.62. The Morgan fingerprint density at radius 3 is 2.62 bits per heavy atom. The first-order chi connectivity index (χ1) is 9.79. The van der Waals surface area contributed by atoms with Crippen molar-refractivity contribution in [1.29, 1.82) is 0 Å². The number of likely N-dealkylation sites (N-methyl/N-ethyl adjacent to an activating group) is 1. The van der Waals surface area contributed by atoms with E-state index in [4.69, 9.17) is 10.2 Å². The molecular formula is C12H13N3O5S. The molecule has 21 heavy (non-hydrogen) atoms. The van der Waals surface area contributed by atoms with Crippen LogP contribution in [-0.4, -0.2) is 50.6 Å². The van der Waals surface area contributed by atoms with Gasteiger partial charge in [-0.1, -0.05) is 0 Å². The van der Waals surface area contributed by atoms with E-state index in [0.717, 1.165) is 11.3 Å². The smallest absolute Gasteiger partial charge is 0.346 e. The first-order valence-electron chi connectivity index (χ1n) is 5.95. The predicted octanol–water partition coefficient (Wildman–Crippen LogP) is 0.508. The van der Waals surface area contributed by atoms with Crippen molar-refractivity contribution in [2.45, 2.75) is 13.5 Å². The van der Waals surface area contributed by atoms with Crippen LogP contribution in [0.5, 0.6) is 0 Å². The zero-order chi connectivity index (χ0) is 15.7. The van der Waals surface area contributed by atoms with Gasteiger partial charge in [-0.25, -0.2) is 9.78 Å². The number of nitrogens with one attached hydrogen (secondary N) is 1. The second kappa shape index (κ2) is 5.62. The summed E-state index contributed by atoms with van der Waals surface area (Å²) in [7, 11) is 1.58. The highest BCUT2D eigenvalue weighted by Gasteiger charge is 2.19. The first-order valence-corrected chi connectivity index (χ1v) is 6.77. The monoisotopic (exact) mass is 311 g/mol. The minimum atomic E-state index is -1.10. The lowest BCUT2D eigenvalue weighted by Gasteiger charge is -2.12. The lowest BCUT2D eigenvalue weighted by atomic mass is 10.2. The maximum atomic E-state index is 12.0. The van der Waals surface area contributed by atoms with Crippen molar-refractivity contribution in [2.75, 3.05) is 13.6 Å². The van der Waals surface area contributed by atoms with Crippen LogP contribution in [0.2, 0.25) is 0 Å². The number of hydrogen-bond donors (Lipinski definition) is 3. The molecule has 8 nitrogen and oxygen atoms in total. The summed E-state index contributed by atoms with van der Waals surface area (Å²) in [6, 6.07) is 0. The molecule has 0 radical (unpaired) electrons. The van der Waals surface area contributed by atoms with Gasteiger partial charge in [-0.15, -0.1) is 11.3 Å². The molecule has 2 aromatic rings. The molecule has 9 heteroatoms. The average Bonchev–Trinajstić information content (AvgIpc) is 2.65. The molecule has 0 fully saturated rings. The molecule has 0 saturated heterocycles. The van der Waals surface area contributed by atoms with Crippen LogP contribution < -0.4 is 5.56 Å². The van der Waals surface area contributed by atoms with Crippen LogP contribution in [0, 0.1) is 6.92 Å². The summed E-state index contributed by atoms with van der Waals surface area (Å²) in [5.41, 5.74) is -0.0262. The summed E-state index contributed by atoms with van der Waals surface area (Å²) in [6.07, 6.45) is 0. The van der Waals surface area contributed by atoms with E-state index in [1.807, 2.05) is 0 Å². The van der Waals surface area contributed by atoms with Gasteiger partial charge in [-0.2, -0.15) is 0 Å². The number of rotatable bonds is 5. The van der Waals surface area contributed by atoms with Crippen molar-refractivity contribution in [1.82, 2.24) is 14.9 Å². The van der Waals surface area contributed by atoms with Gasteiger partial charge in [-0.3, -0.25) is 14.5 Å². The zero-order valence-corrected chi connectivity index (χ0v) is 12.2. The third kappa shape index (κ3) is 3.09. The Labute approximate surface area is 122 Å². The van der Waals surface area contributed by atoms with E-state index < -0.39 is 17.5 Å². The molecule has 0 aliphatic carbocycles. The number of aryl methyl sites for hydroxylation is 1. The Hall–Kier alpha value is -2.26. The number of carbonyl (C=O) groups is 2. The number of aromatic nitrogens is 2. The normalized spacial score (nSPS) is 11.2. The molecule has 2 rings (SSSR count). The van der Waals surface area contributed by atoms with E-state index >= 15 is 0 Å². The lowest BCUT2D eigenvalue weighted by Crippen LogP contribution is -2.27. The number of aromatic carboxylic acids is 1. The number of carboxylic acids is 2. The molecule has 0 atom stereocenters. The standard InChI is InChI=1S/C12H13N3O5S/c1-5-8-10(18)13-6(3-15(2)4-7(16)17)14-11(8)21-9(5)12(19)20/h3-4H2,1-2H3,(H,16,17)(H,19,20)(H,13,14,18). The summed E-state index contributed by atoms with van der Waals surface area (Å²) < 4.78 is 0. The van der Waals surface area contributed by atoms with Gasteiger partial charge in [0.25, 0.3) is 5.56 Å². The highest BCUT2D eigenvalue weighted by atomic mass is 32.1. The SMILES string of the molecule is Cc1c(C(=O)O)sc2nc(CN(C)CC(=O)O)[nH]c(=O)c12. The molecule has 0 aliphatic heterocycles. The first kappa shape index (κ1) is 15.1. The fourth-order valence-corrected chi connectivity index (χ4v) is 3.05. The van der Waals surface area contributed by atoms with Crippen molar-refractivity contribution >= 4 is 33.5 Å². The Kier molecular flexibility index (Phi) is 4.05. The highest BCUT2D eigenvalue weighted by Crippen LogP contribution is 2.26. The summed E-state index contributed by atoms with van der Waals surface area (Å²) in [4.78, 5) is 42.4. The largest absolute Gasteiger partial charge is 0.480 e. The van der Waals surface area contributed by atoms with Gasteiger partial charge in [0.1, 0.15) is 15.5 Å². The van der Waals surface area contributed by atoms with Crippen molar-refractivity contribution in [3.63, 3.8) is 0 Å². The van der Waals surface area contributed by atoms with Gasteiger partial charge in [0.05, 0.1) is 18.5 Å². The molecule has 0 unspecified atom stereocenters. The third-order valence-corrected chi connectivity index (χ3v) is 4.04. The molecule has 0 bridgehead atoms.